The quantitative estimate of drug-likeness (QED) is 0.308. The number of halogens is 1. The first kappa shape index (κ1) is 19.4. The zero-order chi connectivity index (χ0) is 19.2. The Morgan fingerprint density at radius 3 is 2.44 bits per heavy atom. The Balaban J connectivity index is 1.97. The largest absolute Gasteiger partial charge is 0.462 e. The number of esters is 1. The fraction of sp³-hybridized carbons (Fsp3) is 0.190. The van der Waals surface area contributed by atoms with Crippen molar-refractivity contribution in [3.05, 3.63) is 76.4 Å². The van der Waals surface area contributed by atoms with Gasteiger partial charge < -0.3 is 4.74 Å². The van der Waals surface area contributed by atoms with Crippen LogP contribution in [-0.4, -0.2) is 22.5 Å². The van der Waals surface area contributed by atoms with Gasteiger partial charge in [-0.3, -0.25) is 0 Å². The molecule has 0 spiro atoms. The van der Waals surface area contributed by atoms with Gasteiger partial charge in [0.1, 0.15) is 10.6 Å². The van der Waals surface area contributed by atoms with E-state index in [1.165, 1.54) is 11.8 Å². The molecule has 2 aromatic carbocycles. The molecular weight excluding hydrogens is 380 g/mol. The Morgan fingerprint density at radius 2 is 1.78 bits per heavy atom. The molecule has 1 aromatic heterocycles. The van der Waals surface area contributed by atoms with E-state index in [-0.39, 0.29) is 0 Å². The highest BCUT2D eigenvalue weighted by molar-refractivity contribution is 7.98. The molecule has 138 valence electrons. The number of rotatable bonds is 6. The first-order valence-corrected chi connectivity index (χ1v) is 9.93. The lowest BCUT2D eigenvalue weighted by Crippen LogP contribution is -2.12. The lowest BCUT2D eigenvalue weighted by atomic mass is 10.2. The van der Waals surface area contributed by atoms with Crippen molar-refractivity contribution >= 4 is 29.3 Å². The Labute approximate surface area is 168 Å². The second-order valence-corrected chi connectivity index (χ2v) is 7.21. The van der Waals surface area contributed by atoms with Gasteiger partial charge in [0.15, 0.2) is 5.82 Å². The molecule has 3 aromatic rings. The summed E-state index contributed by atoms with van der Waals surface area (Å²) in [5.41, 5.74) is 3.04. The standard InChI is InChI=1S/C21H19ClN2O2S/c1-3-26-21(25)18-14(2)23-19(16-7-5-4-6-8-16)24-20(18)27-13-15-9-11-17(22)12-10-15/h4-12H,3,13H2,1-2H3. The first-order valence-electron chi connectivity index (χ1n) is 8.57. The zero-order valence-corrected chi connectivity index (χ0v) is 16.7. The summed E-state index contributed by atoms with van der Waals surface area (Å²) < 4.78 is 5.21. The van der Waals surface area contributed by atoms with Gasteiger partial charge >= 0.3 is 5.97 Å². The molecule has 27 heavy (non-hydrogen) atoms. The maximum atomic E-state index is 12.5. The molecule has 0 aliphatic carbocycles. The van der Waals surface area contributed by atoms with E-state index >= 15 is 0 Å². The highest BCUT2D eigenvalue weighted by Crippen LogP contribution is 2.29. The Hall–Kier alpha value is -2.37. The monoisotopic (exact) mass is 398 g/mol. The van der Waals surface area contributed by atoms with E-state index in [2.05, 4.69) is 9.97 Å². The number of hydrogen-bond donors (Lipinski definition) is 0. The molecular formula is C21H19ClN2O2S. The third kappa shape index (κ3) is 4.87. The third-order valence-corrected chi connectivity index (χ3v) is 5.16. The maximum absolute atomic E-state index is 12.5. The average molecular weight is 399 g/mol. The molecule has 0 N–H and O–H groups in total. The van der Waals surface area contributed by atoms with Crippen LogP contribution in [0, 0.1) is 6.92 Å². The summed E-state index contributed by atoms with van der Waals surface area (Å²) in [6.45, 7) is 3.90. The minimum Gasteiger partial charge on any atom is -0.462 e. The third-order valence-electron chi connectivity index (χ3n) is 3.86. The van der Waals surface area contributed by atoms with Crippen LogP contribution in [0.3, 0.4) is 0 Å². The molecule has 0 saturated heterocycles. The smallest absolute Gasteiger partial charge is 0.342 e. The van der Waals surface area contributed by atoms with Crippen molar-refractivity contribution in [1.29, 1.82) is 0 Å². The van der Waals surface area contributed by atoms with Crippen LogP contribution in [0.15, 0.2) is 59.6 Å². The second-order valence-electron chi connectivity index (χ2n) is 5.81. The Kier molecular flexibility index (Phi) is 6.48. The molecule has 0 bridgehead atoms. The Bertz CT molecular complexity index is 931. The van der Waals surface area contributed by atoms with Crippen LogP contribution in [0.25, 0.3) is 11.4 Å². The van der Waals surface area contributed by atoms with Gasteiger partial charge in [0, 0.05) is 16.3 Å². The van der Waals surface area contributed by atoms with Gasteiger partial charge in [0.25, 0.3) is 0 Å². The van der Waals surface area contributed by atoms with Gasteiger partial charge in [-0.1, -0.05) is 54.1 Å². The molecule has 3 rings (SSSR count). The summed E-state index contributed by atoms with van der Waals surface area (Å²) >= 11 is 7.44. The fourth-order valence-electron chi connectivity index (χ4n) is 2.54. The SMILES string of the molecule is CCOC(=O)c1c(C)nc(-c2ccccc2)nc1SCc1ccc(Cl)cc1. The van der Waals surface area contributed by atoms with Crippen molar-refractivity contribution < 1.29 is 9.53 Å². The summed E-state index contributed by atoms with van der Waals surface area (Å²) in [6.07, 6.45) is 0. The lowest BCUT2D eigenvalue weighted by Gasteiger charge is -2.12. The van der Waals surface area contributed by atoms with Crippen LogP contribution in [0.4, 0.5) is 0 Å². The van der Waals surface area contributed by atoms with E-state index in [0.29, 0.717) is 39.5 Å². The number of aryl methyl sites for hydroxylation is 1. The van der Waals surface area contributed by atoms with Gasteiger partial charge in [-0.05, 0) is 31.5 Å². The van der Waals surface area contributed by atoms with Crippen molar-refractivity contribution in [2.45, 2.75) is 24.6 Å². The number of ether oxygens (including phenoxy) is 1. The van der Waals surface area contributed by atoms with E-state index < -0.39 is 5.97 Å². The predicted octanol–water partition coefficient (Wildman–Crippen LogP) is 5.57. The van der Waals surface area contributed by atoms with E-state index in [4.69, 9.17) is 16.3 Å². The number of nitrogens with zero attached hydrogens (tertiary/aromatic N) is 2. The summed E-state index contributed by atoms with van der Waals surface area (Å²) in [5, 5.41) is 1.31. The molecule has 0 fully saturated rings. The second kappa shape index (κ2) is 9.02. The van der Waals surface area contributed by atoms with Crippen LogP contribution in [0.2, 0.25) is 5.02 Å². The molecule has 0 unspecified atom stereocenters. The highest BCUT2D eigenvalue weighted by Gasteiger charge is 2.21. The van der Waals surface area contributed by atoms with Crippen molar-refractivity contribution in [2.24, 2.45) is 0 Å². The molecule has 0 atom stereocenters. The number of carbonyl (C=O) groups excluding carboxylic acids is 1. The van der Waals surface area contributed by atoms with Gasteiger partial charge in [-0.2, -0.15) is 0 Å². The number of hydrogen-bond acceptors (Lipinski definition) is 5. The predicted molar refractivity (Wildman–Crippen MR) is 109 cm³/mol. The van der Waals surface area contributed by atoms with E-state index in [1.807, 2.05) is 61.5 Å². The minimum atomic E-state index is -0.395. The molecule has 1 heterocycles. The van der Waals surface area contributed by atoms with Crippen LogP contribution >= 0.6 is 23.4 Å². The van der Waals surface area contributed by atoms with Crippen LogP contribution in [0.5, 0.6) is 0 Å². The molecule has 0 aliphatic rings. The topological polar surface area (TPSA) is 52.1 Å². The van der Waals surface area contributed by atoms with Crippen LogP contribution < -0.4 is 0 Å². The summed E-state index contributed by atoms with van der Waals surface area (Å²) in [5.74, 6) is 0.863. The van der Waals surface area contributed by atoms with E-state index in [9.17, 15) is 4.79 Å². The maximum Gasteiger partial charge on any atom is 0.342 e. The van der Waals surface area contributed by atoms with Crippen LogP contribution in [-0.2, 0) is 10.5 Å². The summed E-state index contributed by atoms with van der Waals surface area (Å²) in [4.78, 5) is 21.7. The number of carbonyl (C=O) groups is 1. The van der Waals surface area contributed by atoms with E-state index in [0.717, 1.165) is 11.1 Å². The number of aromatic nitrogens is 2. The fourth-order valence-corrected chi connectivity index (χ4v) is 3.69. The molecule has 0 saturated carbocycles. The number of benzene rings is 2. The summed E-state index contributed by atoms with van der Waals surface area (Å²) in [7, 11) is 0. The van der Waals surface area contributed by atoms with Crippen LogP contribution in [0.1, 0.15) is 28.5 Å². The molecule has 0 radical (unpaired) electrons. The normalized spacial score (nSPS) is 10.6. The van der Waals surface area contributed by atoms with Crippen molar-refractivity contribution in [1.82, 2.24) is 9.97 Å². The van der Waals surface area contributed by atoms with Gasteiger partial charge in [-0.15, -0.1) is 11.8 Å². The molecule has 6 heteroatoms. The average Bonchev–Trinajstić information content (AvgIpc) is 2.68. The van der Waals surface area contributed by atoms with E-state index in [1.54, 1.807) is 6.92 Å². The van der Waals surface area contributed by atoms with Gasteiger partial charge in [0.05, 0.1) is 12.3 Å². The minimum absolute atomic E-state index is 0.306. The van der Waals surface area contributed by atoms with Crippen molar-refractivity contribution in [2.75, 3.05) is 6.61 Å². The lowest BCUT2D eigenvalue weighted by molar-refractivity contribution is 0.0520. The first-order chi connectivity index (χ1) is 13.1. The zero-order valence-electron chi connectivity index (χ0n) is 15.1. The van der Waals surface area contributed by atoms with Crippen molar-refractivity contribution in [3.63, 3.8) is 0 Å². The van der Waals surface area contributed by atoms with Crippen molar-refractivity contribution in [3.8, 4) is 11.4 Å². The highest BCUT2D eigenvalue weighted by atomic mass is 35.5. The molecule has 0 aliphatic heterocycles. The molecule has 0 amide bonds. The number of thioether (sulfide) groups is 1. The Morgan fingerprint density at radius 1 is 1.07 bits per heavy atom. The summed E-state index contributed by atoms with van der Waals surface area (Å²) in [6, 6.07) is 17.4. The molecule has 4 nitrogen and oxygen atoms in total. The van der Waals surface area contributed by atoms with Gasteiger partial charge in [-0.25, -0.2) is 14.8 Å². The van der Waals surface area contributed by atoms with Gasteiger partial charge in [0.2, 0.25) is 0 Å².